The van der Waals surface area contributed by atoms with E-state index in [0.29, 0.717) is 6.54 Å². The van der Waals surface area contributed by atoms with Gasteiger partial charge in [0.15, 0.2) is 0 Å². The van der Waals surface area contributed by atoms with Crippen molar-refractivity contribution in [3.8, 4) is 0 Å². The highest BCUT2D eigenvalue weighted by Gasteiger charge is 2.23. The van der Waals surface area contributed by atoms with E-state index in [0.717, 1.165) is 55.6 Å². The van der Waals surface area contributed by atoms with Gasteiger partial charge in [0.1, 0.15) is 6.54 Å². The molecule has 148 valence electrons. The van der Waals surface area contributed by atoms with Crippen LogP contribution in [0.5, 0.6) is 0 Å². The molecule has 0 unspecified atom stereocenters. The maximum atomic E-state index is 12.3. The normalized spacial score (nSPS) is 11.7. The summed E-state index contributed by atoms with van der Waals surface area (Å²) in [6.45, 7) is 11.6. The highest BCUT2D eigenvalue weighted by molar-refractivity contribution is 5.13. The van der Waals surface area contributed by atoms with E-state index >= 15 is 0 Å². The number of aryl methyl sites for hydroxylation is 1. The molecular formula is C22H34N3O2+. The first-order valence-corrected chi connectivity index (χ1v) is 10.1. The maximum Gasteiger partial charge on any atom is 0.330 e. The van der Waals surface area contributed by atoms with Crippen molar-refractivity contribution in [2.24, 2.45) is 7.05 Å². The van der Waals surface area contributed by atoms with Crippen LogP contribution in [0.4, 0.5) is 0 Å². The van der Waals surface area contributed by atoms with Crippen LogP contribution in [0.25, 0.3) is 0 Å². The Kier molecular flexibility index (Phi) is 7.60. The van der Waals surface area contributed by atoms with Crippen LogP contribution in [0.15, 0.2) is 46.0 Å². The van der Waals surface area contributed by atoms with Crippen LogP contribution in [-0.2, 0) is 20.1 Å². The summed E-state index contributed by atoms with van der Waals surface area (Å²) in [5.41, 5.74) is 1.70. The molecular weight excluding hydrogens is 338 g/mol. The van der Waals surface area contributed by atoms with E-state index in [-0.39, 0.29) is 11.2 Å². The fourth-order valence-corrected chi connectivity index (χ4v) is 3.76. The molecule has 1 aromatic heterocycles. The summed E-state index contributed by atoms with van der Waals surface area (Å²) in [6, 6.07) is 12.3. The summed E-state index contributed by atoms with van der Waals surface area (Å²) in [5.74, 6) is 0. The van der Waals surface area contributed by atoms with Gasteiger partial charge in [-0.25, -0.2) is 4.79 Å². The molecule has 0 aliphatic carbocycles. The quantitative estimate of drug-likeness (QED) is 0.475. The summed E-state index contributed by atoms with van der Waals surface area (Å²) in [7, 11) is 1.54. The van der Waals surface area contributed by atoms with Gasteiger partial charge in [0.2, 0.25) is 0 Å². The molecule has 2 rings (SSSR count). The Labute approximate surface area is 162 Å². The van der Waals surface area contributed by atoms with Gasteiger partial charge in [-0.1, -0.05) is 30.3 Å². The first-order chi connectivity index (χ1) is 12.9. The predicted octanol–water partition coefficient (Wildman–Crippen LogP) is 3.08. The summed E-state index contributed by atoms with van der Waals surface area (Å²) in [4.78, 5) is 23.9. The van der Waals surface area contributed by atoms with Gasteiger partial charge in [-0.05, 0) is 40.0 Å². The van der Waals surface area contributed by atoms with Gasteiger partial charge in [0, 0.05) is 30.9 Å². The summed E-state index contributed by atoms with van der Waals surface area (Å²) >= 11 is 0. The van der Waals surface area contributed by atoms with Gasteiger partial charge < -0.3 is 4.48 Å². The molecule has 0 amide bonds. The lowest BCUT2D eigenvalue weighted by Gasteiger charge is -2.37. The molecule has 0 saturated heterocycles. The molecule has 1 aromatic carbocycles. The molecule has 2 aromatic rings. The molecule has 5 heteroatoms. The lowest BCUT2D eigenvalue weighted by Crippen LogP contribution is -2.47. The van der Waals surface area contributed by atoms with Gasteiger partial charge in [-0.2, -0.15) is 0 Å². The Morgan fingerprint density at radius 2 is 1.63 bits per heavy atom. The van der Waals surface area contributed by atoms with E-state index in [2.05, 4.69) is 44.2 Å². The van der Waals surface area contributed by atoms with E-state index in [1.54, 1.807) is 11.6 Å². The van der Waals surface area contributed by atoms with Crippen molar-refractivity contribution in [3.05, 3.63) is 68.5 Å². The van der Waals surface area contributed by atoms with Crippen molar-refractivity contribution >= 4 is 0 Å². The van der Waals surface area contributed by atoms with E-state index in [4.69, 9.17) is 0 Å². The zero-order valence-corrected chi connectivity index (χ0v) is 17.3. The van der Waals surface area contributed by atoms with Crippen molar-refractivity contribution in [2.75, 3.05) is 19.6 Å². The van der Waals surface area contributed by atoms with Crippen LogP contribution in [0.2, 0.25) is 0 Å². The molecule has 0 saturated carbocycles. The number of unbranched alkanes of at least 4 members (excludes halogenated alkanes) is 2. The largest absolute Gasteiger partial charge is 0.330 e. The molecule has 0 atom stereocenters. The van der Waals surface area contributed by atoms with E-state index in [1.807, 2.05) is 6.92 Å². The molecule has 0 aliphatic rings. The van der Waals surface area contributed by atoms with Crippen LogP contribution in [-0.4, -0.2) is 33.3 Å². The summed E-state index contributed by atoms with van der Waals surface area (Å²) in [5, 5.41) is 0. The highest BCUT2D eigenvalue weighted by atomic mass is 16.2. The topological polar surface area (TPSA) is 44.0 Å². The number of rotatable bonds is 10. The van der Waals surface area contributed by atoms with Crippen molar-refractivity contribution in [1.82, 2.24) is 9.13 Å². The highest BCUT2D eigenvalue weighted by Crippen LogP contribution is 2.16. The second-order valence-electron chi connectivity index (χ2n) is 7.52. The Balaban J connectivity index is 1.90. The number of benzene rings is 1. The molecule has 0 N–H and O–H groups in total. The van der Waals surface area contributed by atoms with Crippen LogP contribution in [0, 0.1) is 6.92 Å². The molecule has 0 bridgehead atoms. The predicted molar refractivity (Wildman–Crippen MR) is 111 cm³/mol. The van der Waals surface area contributed by atoms with Gasteiger partial charge in [0.05, 0.1) is 19.6 Å². The van der Waals surface area contributed by atoms with Crippen LogP contribution in [0.1, 0.15) is 44.4 Å². The number of quaternary nitrogens is 1. The fraction of sp³-hybridized carbons (Fsp3) is 0.545. The average molecular weight is 373 g/mol. The summed E-state index contributed by atoms with van der Waals surface area (Å²) in [6.07, 6.45) is 3.19. The van der Waals surface area contributed by atoms with Crippen LogP contribution in [0.3, 0.4) is 0 Å². The van der Waals surface area contributed by atoms with E-state index in [1.165, 1.54) is 16.2 Å². The molecule has 0 spiro atoms. The smallest absolute Gasteiger partial charge is 0.320 e. The maximum absolute atomic E-state index is 12.3. The monoisotopic (exact) mass is 372 g/mol. The van der Waals surface area contributed by atoms with Gasteiger partial charge in [-0.3, -0.25) is 13.9 Å². The van der Waals surface area contributed by atoms with Crippen molar-refractivity contribution in [2.45, 2.75) is 53.1 Å². The second kappa shape index (κ2) is 9.70. The Morgan fingerprint density at radius 3 is 2.26 bits per heavy atom. The molecule has 27 heavy (non-hydrogen) atoms. The summed E-state index contributed by atoms with van der Waals surface area (Å²) < 4.78 is 4.00. The third kappa shape index (κ3) is 5.42. The van der Waals surface area contributed by atoms with Crippen molar-refractivity contribution in [1.29, 1.82) is 0 Å². The second-order valence-corrected chi connectivity index (χ2v) is 7.52. The van der Waals surface area contributed by atoms with Crippen LogP contribution < -0.4 is 11.2 Å². The number of aromatic nitrogens is 2. The minimum atomic E-state index is -0.234. The lowest BCUT2D eigenvalue weighted by molar-refractivity contribution is -0.938. The average Bonchev–Trinajstić information content (AvgIpc) is 2.68. The molecule has 1 heterocycles. The van der Waals surface area contributed by atoms with E-state index < -0.39 is 0 Å². The first-order valence-electron chi connectivity index (χ1n) is 10.1. The molecule has 0 radical (unpaired) electrons. The van der Waals surface area contributed by atoms with Gasteiger partial charge >= 0.3 is 5.69 Å². The Morgan fingerprint density at radius 1 is 0.963 bits per heavy atom. The number of nitrogens with zero attached hydrogens (tertiary/aromatic N) is 3. The lowest BCUT2D eigenvalue weighted by atomic mass is 10.1. The number of hydrogen-bond acceptors (Lipinski definition) is 2. The van der Waals surface area contributed by atoms with Gasteiger partial charge in [-0.15, -0.1) is 0 Å². The fourth-order valence-electron chi connectivity index (χ4n) is 3.76. The van der Waals surface area contributed by atoms with Crippen molar-refractivity contribution in [3.63, 3.8) is 0 Å². The number of hydrogen-bond donors (Lipinski definition) is 0. The molecule has 0 fully saturated rings. The van der Waals surface area contributed by atoms with Crippen LogP contribution >= 0.6 is 0 Å². The first kappa shape index (κ1) is 21.2. The Hall–Kier alpha value is -2.14. The van der Waals surface area contributed by atoms with Crippen molar-refractivity contribution < 1.29 is 4.48 Å². The third-order valence-corrected chi connectivity index (χ3v) is 5.82. The van der Waals surface area contributed by atoms with Gasteiger partial charge in [0.25, 0.3) is 5.56 Å². The molecule has 0 aliphatic heterocycles. The van der Waals surface area contributed by atoms with E-state index in [9.17, 15) is 9.59 Å². The zero-order chi connectivity index (χ0) is 19.9. The standard InChI is InChI=1S/C22H34N3O2/c1-5-25(6-2,18-20-13-9-7-10-14-20)16-12-8-11-15-24-19(3)17-21(26)23(4)22(24)27/h7,9-10,13-14,17H,5-6,8,11-12,15-16,18H2,1-4H3/q+1. The minimum absolute atomic E-state index is 0.212. The zero-order valence-electron chi connectivity index (χ0n) is 17.3. The molecule has 5 nitrogen and oxygen atoms in total. The Bertz CT molecular complexity index is 833. The minimum Gasteiger partial charge on any atom is -0.320 e. The third-order valence-electron chi connectivity index (χ3n) is 5.82. The SMILES string of the molecule is CC[N+](CC)(CCCCCn1c(C)cc(=O)n(C)c1=O)Cc1ccccc1.